The molecule has 0 saturated carbocycles. The van der Waals surface area contributed by atoms with Gasteiger partial charge in [0.2, 0.25) is 23.8 Å². The van der Waals surface area contributed by atoms with Crippen LogP contribution in [0.15, 0.2) is 71.8 Å². The highest BCUT2D eigenvalue weighted by molar-refractivity contribution is 6.05. The summed E-state index contributed by atoms with van der Waals surface area (Å²) in [6.07, 6.45) is -0.848. The second kappa shape index (κ2) is 10.2. The van der Waals surface area contributed by atoms with Crippen LogP contribution in [0.1, 0.15) is 34.6 Å². The van der Waals surface area contributed by atoms with Crippen molar-refractivity contribution < 1.29 is 28.5 Å². The second-order valence-corrected chi connectivity index (χ2v) is 7.60. The van der Waals surface area contributed by atoms with Crippen molar-refractivity contribution in [3.8, 4) is 17.2 Å². The molecule has 4 rings (SSSR count). The average molecular weight is 476 g/mol. The molecule has 1 N–H and O–H groups in total. The fraction of sp³-hybridized carbons (Fsp3) is 0.192. The van der Waals surface area contributed by atoms with Gasteiger partial charge in [0.1, 0.15) is 0 Å². The molecule has 0 bridgehead atoms. The summed E-state index contributed by atoms with van der Waals surface area (Å²) >= 11 is 0. The molecule has 1 aliphatic rings. The normalized spacial score (nSPS) is 14.6. The number of nitrogens with one attached hydrogen (secondary N) is 1. The van der Waals surface area contributed by atoms with Crippen molar-refractivity contribution in [2.45, 2.75) is 13.2 Å². The van der Waals surface area contributed by atoms with E-state index in [9.17, 15) is 9.59 Å². The van der Waals surface area contributed by atoms with Gasteiger partial charge >= 0.3 is 0 Å². The molecule has 9 nitrogen and oxygen atoms in total. The fourth-order valence-electron chi connectivity index (χ4n) is 3.67. The number of amides is 2. The zero-order valence-corrected chi connectivity index (χ0v) is 19.8. The summed E-state index contributed by atoms with van der Waals surface area (Å²) in [5.41, 5.74) is 2.28. The predicted octanol–water partition coefficient (Wildman–Crippen LogP) is 4.20. The molecule has 0 radical (unpaired) electrons. The topological polar surface area (TPSA) is 98.7 Å². The van der Waals surface area contributed by atoms with Gasteiger partial charge in [-0.2, -0.15) is 5.01 Å². The van der Waals surface area contributed by atoms with E-state index in [0.717, 1.165) is 0 Å². The first-order valence-corrected chi connectivity index (χ1v) is 10.8. The number of ether oxygens (including phenoxy) is 4. The monoisotopic (exact) mass is 475 g/mol. The Bertz CT molecular complexity index is 1250. The summed E-state index contributed by atoms with van der Waals surface area (Å²) in [6.45, 7) is 1.40. The Morgan fingerprint density at radius 3 is 2.20 bits per heavy atom. The highest BCUT2D eigenvalue weighted by Crippen LogP contribution is 2.42. The van der Waals surface area contributed by atoms with Crippen molar-refractivity contribution in [3.05, 3.63) is 83.4 Å². The van der Waals surface area contributed by atoms with E-state index in [-0.39, 0.29) is 17.7 Å². The molecule has 35 heavy (non-hydrogen) atoms. The third kappa shape index (κ3) is 4.89. The van der Waals surface area contributed by atoms with Gasteiger partial charge in [0.05, 0.1) is 21.3 Å². The van der Waals surface area contributed by atoms with Gasteiger partial charge in [-0.1, -0.05) is 24.3 Å². The van der Waals surface area contributed by atoms with Gasteiger partial charge in [-0.05, 0) is 42.5 Å². The maximum atomic E-state index is 12.5. The molecule has 0 unspecified atom stereocenters. The predicted molar refractivity (Wildman–Crippen MR) is 130 cm³/mol. The van der Waals surface area contributed by atoms with Crippen LogP contribution in [0.5, 0.6) is 17.2 Å². The maximum Gasteiger partial charge on any atom is 0.255 e. The van der Waals surface area contributed by atoms with Crippen LogP contribution in [0.4, 0.5) is 5.69 Å². The SMILES string of the molecule is COc1cc([C@@H]2OC(c3cccc(NC(=O)c4ccccc4)c3)=NN2C(C)=O)cc(OC)c1OC. The molecule has 0 aromatic heterocycles. The lowest BCUT2D eigenvalue weighted by atomic mass is 10.1. The first-order valence-electron chi connectivity index (χ1n) is 10.8. The average Bonchev–Trinajstić information content (AvgIpc) is 3.34. The van der Waals surface area contributed by atoms with Crippen LogP contribution in [0, 0.1) is 0 Å². The smallest absolute Gasteiger partial charge is 0.255 e. The quantitative estimate of drug-likeness (QED) is 0.550. The summed E-state index contributed by atoms with van der Waals surface area (Å²) in [7, 11) is 4.53. The van der Waals surface area contributed by atoms with E-state index in [1.165, 1.54) is 33.3 Å². The van der Waals surface area contributed by atoms with E-state index < -0.39 is 6.23 Å². The third-order valence-corrected chi connectivity index (χ3v) is 5.34. The highest BCUT2D eigenvalue weighted by Gasteiger charge is 2.34. The lowest BCUT2D eigenvalue weighted by Crippen LogP contribution is -2.25. The lowest BCUT2D eigenvalue weighted by molar-refractivity contribution is -0.135. The van der Waals surface area contributed by atoms with E-state index >= 15 is 0 Å². The molecular formula is C26H25N3O6. The molecular weight excluding hydrogens is 450 g/mol. The number of carbonyl (C=O) groups is 2. The van der Waals surface area contributed by atoms with E-state index in [0.29, 0.717) is 39.6 Å². The number of hydrazone groups is 1. The summed E-state index contributed by atoms with van der Waals surface area (Å²) < 4.78 is 22.4. The van der Waals surface area contributed by atoms with Gasteiger partial charge in [0.15, 0.2) is 11.5 Å². The largest absolute Gasteiger partial charge is 0.493 e. The minimum atomic E-state index is -0.848. The zero-order valence-electron chi connectivity index (χ0n) is 19.8. The molecule has 1 atom stereocenters. The lowest BCUT2D eigenvalue weighted by Gasteiger charge is -2.21. The van der Waals surface area contributed by atoms with Crippen LogP contribution in [0.2, 0.25) is 0 Å². The number of nitrogens with zero attached hydrogens (tertiary/aromatic N) is 2. The first kappa shape index (κ1) is 23.6. The van der Waals surface area contributed by atoms with Crippen LogP contribution >= 0.6 is 0 Å². The molecule has 0 fully saturated rings. The number of hydrogen-bond donors (Lipinski definition) is 1. The van der Waals surface area contributed by atoms with Crippen molar-refractivity contribution in [1.82, 2.24) is 5.01 Å². The first-order chi connectivity index (χ1) is 16.9. The summed E-state index contributed by atoms with van der Waals surface area (Å²) in [6, 6.07) is 19.4. The Morgan fingerprint density at radius 2 is 1.60 bits per heavy atom. The van der Waals surface area contributed by atoms with Crippen LogP contribution in [-0.4, -0.2) is 44.1 Å². The van der Waals surface area contributed by atoms with Gasteiger partial charge < -0.3 is 24.3 Å². The maximum absolute atomic E-state index is 12.5. The molecule has 9 heteroatoms. The van der Waals surface area contributed by atoms with Crippen LogP contribution in [0.3, 0.4) is 0 Å². The van der Waals surface area contributed by atoms with Gasteiger partial charge in [-0.3, -0.25) is 9.59 Å². The Labute approximate surface area is 202 Å². The molecule has 0 saturated heterocycles. The van der Waals surface area contributed by atoms with Crippen LogP contribution in [0.25, 0.3) is 0 Å². The minimum absolute atomic E-state index is 0.231. The fourth-order valence-corrected chi connectivity index (χ4v) is 3.67. The highest BCUT2D eigenvalue weighted by atomic mass is 16.5. The van der Waals surface area contributed by atoms with Gasteiger partial charge in [-0.15, -0.1) is 5.10 Å². The Hall–Kier alpha value is -4.53. The van der Waals surface area contributed by atoms with Crippen LogP contribution < -0.4 is 19.5 Å². The number of rotatable bonds is 7. The zero-order chi connectivity index (χ0) is 24.9. The minimum Gasteiger partial charge on any atom is -0.493 e. The van der Waals surface area contributed by atoms with Crippen molar-refractivity contribution in [2.75, 3.05) is 26.6 Å². The Kier molecular flexibility index (Phi) is 6.86. The van der Waals surface area contributed by atoms with Gasteiger partial charge in [0, 0.05) is 29.3 Å². The standard InChI is InChI=1S/C26H25N3O6/c1-16(30)29-26(19-14-21(32-2)23(34-4)22(15-19)33-3)35-25(28-29)18-11-8-12-20(13-18)27-24(31)17-9-6-5-7-10-17/h5-15,26H,1-4H3,(H,27,31)/t26-/m0/s1. The summed E-state index contributed by atoms with van der Waals surface area (Å²) in [5, 5.41) is 8.51. The number of anilines is 1. The van der Waals surface area contributed by atoms with E-state index in [1.807, 2.05) is 6.07 Å². The van der Waals surface area contributed by atoms with Crippen LogP contribution in [-0.2, 0) is 9.53 Å². The summed E-state index contributed by atoms with van der Waals surface area (Å²) in [5.74, 6) is 0.954. The summed E-state index contributed by atoms with van der Waals surface area (Å²) in [4.78, 5) is 24.9. The second-order valence-electron chi connectivity index (χ2n) is 7.60. The van der Waals surface area contributed by atoms with Gasteiger partial charge in [-0.25, -0.2) is 0 Å². The number of carbonyl (C=O) groups excluding carboxylic acids is 2. The van der Waals surface area contributed by atoms with Crippen molar-refractivity contribution in [2.24, 2.45) is 5.10 Å². The molecule has 1 aliphatic heterocycles. The number of hydrogen-bond acceptors (Lipinski definition) is 7. The molecule has 180 valence electrons. The molecule has 3 aromatic rings. The van der Waals surface area contributed by atoms with Gasteiger partial charge in [0.25, 0.3) is 5.91 Å². The molecule has 2 amide bonds. The van der Waals surface area contributed by atoms with Crippen molar-refractivity contribution in [1.29, 1.82) is 0 Å². The molecule has 0 aliphatic carbocycles. The van der Waals surface area contributed by atoms with E-state index in [4.69, 9.17) is 18.9 Å². The Balaban J connectivity index is 1.62. The molecule has 1 heterocycles. The molecule has 3 aromatic carbocycles. The van der Waals surface area contributed by atoms with E-state index in [2.05, 4.69) is 10.4 Å². The van der Waals surface area contributed by atoms with Crippen molar-refractivity contribution >= 4 is 23.4 Å². The third-order valence-electron chi connectivity index (χ3n) is 5.34. The molecule has 0 spiro atoms. The number of benzene rings is 3. The van der Waals surface area contributed by atoms with E-state index in [1.54, 1.807) is 60.7 Å². The van der Waals surface area contributed by atoms with Crippen molar-refractivity contribution in [3.63, 3.8) is 0 Å². The Morgan fingerprint density at radius 1 is 0.914 bits per heavy atom. The number of methoxy groups -OCH3 is 3.